The lowest BCUT2D eigenvalue weighted by Gasteiger charge is -2.36. The largest absolute Gasteiger partial charge is 0.444 e. The third kappa shape index (κ3) is 36.9. The maximum absolute atomic E-state index is 12.3. The van der Waals surface area contributed by atoms with Gasteiger partial charge in [0.1, 0.15) is 110 Å². The number of aromatic nitrogens is 13. The van der Waals surface area contributed by atoms with Gasteiger partial charge in [0.25, 0.3) is 10.0 Å². The van der Waals surface area contributed by atoms with Gasteiger partial charge < -0.3 is 82.7 Å². The van der Waals surface area contributed by atoms with Crippen molar-refractivity contribution in [2.24, 2.45) is 5.73 Å². The minimum absolute atomic E-state index is 0. The number of nitrogens with two attached hydrogens (primary N) is 2. The lowest BCUT2D eigenvalue weighted by molar-refractivity contribution is 0.0230. The Kier molecular flexibility index (Phi) is 45.4. The summed E-state index contributed by atoms with van der Waals surface area (Å²) >= 11 is 8.50. The SMILES string of the molecule is C.CC(C)(C)OC(=O)N1CCN(c2ccc(N)nc2)CC1.CC(C)(C)OC(=O)N1CCN(c2ccc(Nc3ncc(C#N)c(NC4CCCC4)n3)nc2)CC1.CS(=O)c1ncc(C#N)c(NC2CCCC2)n1.CSc1ncc(C#N)c(Cl)n1.CSc1ncc(C#N)c(NC2CCCC2)n1.N#Cc1cnc(Nc2ccc(N3CCNCC3)cn2)nc1NC1CCCC1.NC1CCCC1.O=S(=O)(c1ccccc1)N1OC1c1ccccc1. The molecule has 4 aliphatic heterocycles. The van der Waals surface area contributed by atoms with Crippen molar-refractivity contribution in [3.63, 3.8) is 0 Å². The number of carbonyl (C=O) groups is 2. The van der Waals surface area contributed by atoms with E-state index in [-0.39, 0.29) is 34.8 Å². The minimum Gasteiger partial charge on any atom is -0.444 e. The molecule has 46 heteroatoms. The van der Waals surface area contributed by atoms with Crippen molar-refractivity contribution in [1.29, 1.82) is 26.3 Å². The number of benzene rings is 2. The second-order valence-electron chi connectivity index (χ2n) is 38.1. The molecule has 9 aliphatic rings. The normalized spacial score (nSPS) is 17.2. The molecule has 19 rings (SSSR count). The number of halogens is 1. The van der Waals surface area contributed by atoms with E-state index in [4.69, 9.17) is 53.2 Å². The molecule has 5 saturated carbocycles. The van der Waals surface area contributed by atoms with Crippen LogP contribution in [0.5, 0.6) is 0 Å². The average molecular weight is 2140 g/mol. The van der Waals surface area contributed by atoms with Gasteiger partial charge in [-0.3, -0.25) is 9.05 Å². The molecular formula is C104H136ClN33O8S4. The molecule has 4 saturated heterocycles. The first-order valence-electron chi connectivity index (χ1n) is 50.0. The van der Waals surface area contributed by atoms with E-state index in [2.05, 4.69) is 141 Å². The molecule has 41 nitrogen and oxygen atoms in total. The number of hydrogen-bond donors (Lipinski definition) is 9. The molecule has 796 valence electrons. The Hall–Kier alpha value is -13.8. The molecule has 3 unspecified atom stereocenters. The van der Waals surface area contributed by atoms with E-state index in [9.17, 15) is 32.7 Å². The first-order valence-corrected chi connectivity index (χ1v) is 55.8. The zero-order valence-corrected chi connectivity index (χ0v) is 89.6. The highest BCUT2D eigenvalue weighted by Crippen LogP contribution is 2.42. The lowest BCUT2D eigenvalue weighted by atomic mass is 10.2. The van der Waals surface area contributed by atoms with Gasteiger partial charge in [-0.05, 0) is 171 Å². The third-order valence-electron chi connectivity index (χ3n) is 24.8. The van der Waals surface area contributed by atoms with Gasteiger partial charge in [-0.2, -0.15) is 36.3 Å². The Morgan fingerprint density at radius 3 is 1.18 bits per heavy atom. The van der Waals surface area contributed by atoms with Crippen molar-refractivity contribution in [1.82, 2.24) is 84.4 Å². The number of pyridine rings is 3. The number of nitrogens with one attached hydrogen (secondary N) is 7. The maximum Gasteiger partial charge on any atom is 0.410 e. The Morgan fingerprint density at radius 1 is 0.460 bits per heavy atom. The van der Waals surface area contributed by atoms with E-state index in [1.54, 1.807) is 71.0 Å². The molecule has 2 aromatic carbocycles. The summed E-state index contributed by atoms with van der Waals surface area (Å²) in [4.78, 5) is 94.6. The lowest BCUT2D eigenvalue weighted by Crippen LogP contribution is -2.50. The number of hydroxylamine groups is 1. The predicted octanol–water partition coefficient (Wildman–Crippen LogP) is 17.3. The smallest absolute Gasteiger partial charge is 0.410 e. The van der Waals surface area contributed by atoms with Crippen molar-refractivity contribution >= 4 is 138 Å². The Morgan fingerprint density at radius 2 is 0.820 bits per heavy atom. The van der Waals surface area contributed by atoms with Gasteiger partial charge in [0.05, 0.1) is 82.3 Å². The second-order valence-corrected chi connectivity index (χ2v) is 43.1. The molecule has 0 bridgehead atoms. The zero-order chi connectivity index (χ0) is 106. The van der Waals surface area contributed by atoms with Crippen molar-refractivity contribution < 1.29 is 36.5 Å². The van der Waals surface area contributed by atoms with Gasteiger partial charge in [0.2, 0.25) is 17.1 Å². The summed E-state index contributed by atoms with van der Waals surface area (Å²) in [5.74, 6) is 5.01. The number of nitriles is 5. The summed E-state index contributed by atoms with van der Waals surface area (Å²) in [5, 5.41) is 69.9. The number of nitrogens with zero attached hydrogens (tertiary/aromatic N) is 24. The fraction of sp³-hybridized carbons (Fsp3) is 0.481. The topological polar surface area (TPSA) is 558 Å². The zero-order valence-electron chi connectivity index (χ0n) is 85.6. The fourth-order valence-corrected chi connectivity index (χ4v) is 19.5. The van der Waals surface area contributed by atoms with Crippen LogP contribution in [0.1, 0.15) is 217 Å². The summed E-state index contributed by atoms with van der Waals surface area (Å²) in [7, 11) is -4.78. The molecule has 8 aromatic heterocycles. The number of ether oxygens (including phenoxy) is 2. The van der Waals surface area contributed by atoms with Gasteiger partial charge in [-0.25, -0.2) is 72.8 Å². The first kappa shape index (κ1) is 116. The highest BCUT2D eigenvalue weighted by molar-refractivity contribution is 7.98. The average Bonchev–Trinajstić information content (AvgIpc) is 1.60. The molecule has 5 aliphatic carbocycles. The van der Waals surface area contributed by atoms with Crippen LogP contribution >= 0.6 is 35.1 Å². The van der Waals surface area contributed by atoms with Crippen LogP contribution in [0.3, 0.4) is 0 Å². The first-order chi connectivity index (χ1) is 71.9. The quantitative estimate of drug-likeness (QED) is 0.0140. The molecule has 2 amide bonds. The minimum atomic E-state index is -3.55. The van der Waals surface area contributed by atoms with Crippen molar-refractivity contribution in [3.05, 3.63) is 185 Å². The number of nitrogen functional groups attached to an aromatic ring is 1. The number of amides is 2. The predicted molar refractivity (Wildman–Crippen MR) is 586 cm³/mol. The van der Waals surface area contributed by atoms with Crippen LogP contribution in [-0.2, 0) is 35.1 Å². The monoisotopic (exact) mass is 2140 g/mol. The number of carbonyl (C=O) groups excluding carboxylic acids is 2. The number of anilines is 12. The highest BCUT2D eigenvalue weighted by atomic mass is 35.5. The Labute approximate surface area is 895 Å². The van der Waals surface area contributed by atoms with E-state index in [0.29, 0.717) is 160 Å². The molecule has 0 spiro atoms. The van der Waals surface area contributed by atoms with Crippen LogP contribution in [0, 0.1) is 56.7 Å². The summed E-state index contributed by atoms with van der Waals surface area (Å²) < 4.78 is 47.5. The summed E-state index contributed by atoms with van der Waals surface area (Å²) in [6.45, 7) is 20.7. The molecule has 12 heterocycles. The highest BCUT2D eigenvalue weighted by Gasteiger charge is 2.49. The van der Waals surface area contributed by atoms with Crippen LogP contribution in [0.25, 0.3) is 0 Å². The molecular weight excluding hydrogens is 2000 g/mol. The number of rotatable bonds is 21. The van der Waals surface area contributed by atoms with Gasteiger partial charge in [0.15, 0.2) is 21.7 Å². The van der Waals surface area contributed by atoms with Gasteiger partial charge in [-0.15, -0.1) is 0 Å². The maximum atomic E-state index is 12.3. The van der Waals surface area contributed by atoms with Crippen molar-refractivity contribution in [3.8, 4) is 30.3 Å². The van der Waals surface area contributed by atoms with Crippen LogP contribution in [0.15, 0.2) is 167 Å². The number of thioether (sulfide) groups is 2. The van der Waals surface area contributed by atoms with Crippen LogP contribution < -0.4 is 63.4 Å². The van der Waals surface area contributed by atoms with Gasteiger partial charge in [-0.1, -0.05) is 155 Å². The van der Waals surface area contributed by atoms with Crippen LogP contribution in [0.2, 0.25) is 5.15 Å². The number of hydrogen-bond acceptors (Lipinski definition) is 40. The standard InChI is InChI=1S/C24H32N8O2.C19H24N8.C14H22N4O2.C13H11NO3S.C11H14N4OS.C11H14N4S.C6H4ClN3S.C5H11N.CH4/c1-24(2,3)34-23(33)32-12-10-31(11-13-32)19-8-9-20(26-16-19)29-22-27-15-17(14-25)21(30-22)28-18-6-4-5-7-18;20-11-14-12-23-19(26-18(14)24-15-3-1-2-4-15)25-17-6-5-16(13-22-17)27-9-7-21-8-10-27;1-14(2,3)20-13(19)18-8-6-17(7-9-18)11-4-5-12(15)16-10-11;15-18(16,12-9-5-2-6-10-12)14-13(17-14)11-7-3-1-4-8-11;1-17(16)11-13-7-8(6-12)10(15-11)14-9-4-2-3-5-9;1-16-11-13-7-8(6-12)10(15-11)14-9-4-2-3-5-9;1-11-6-9-3-4(2-8)5(7)10-6;6-5-3-1-2-4-5;/h8-9,15-16,18H,4-7,10-13H2,1-3H3,(H2,26,27,28,29,30);5-6,12-13,15,21H,1-4,7-10H2,(H2,22,23,24,25,26);4-5,10H,6-9H2,1-3H3,(H2,15,16);1-10,13H;7,9H,2-5H2,1H3,(H,13,14,15);7,9H,2-5H2,1H3,(H,13,14,15);3H,1H3;5H,1-4,6H2;1H4. The molecule has 11 N–H and O–H groups in total. The summed E-state index contributed by atoms with van der Waals surface area (Å²) in [6.07, 6.45) is 41.2. The second kappa shape index (κ2) is 58.4. The van der Waals surface area contributed by atoms with Gasteiger partial charge in [0, 0.05) is 121 Å². The molecule has 10 aromatic rings. The molecule has 150 heavy (non-hydrogen) atoms. The Balaban J connectivity index is 0.000000168. The van der Waals surface area contributed by atoms with E-state index >= 15 is 0 Å². The number of piperazine rings is 3. The van der Waals surface area contributed by atoms with Gasteiger partial charge >= 0.3 is 12.2 Å². The number of sulfonamides is 1. The third-order valence-corrected chi connectivity index (χ3v) is 28.5. The molecule has 0 radical (unpaired) electrons. The summed E-state index contributed by atoms with van der Waals surface area (Å²) in [5.41, 5.74) is 16.3. The van der Waals surface area contributed by atoms with Crippen molar-refractivity contribution in [2.75, 3.05) is 150 Å². The molecule has 9 fully saturated rings. The van der Waals surface area contributed by atoms with E-state index in [1.807, 2.05) is 127 Å². The van der Waals surface area contributed by atoms with Crippen LogP contribution in [-0.4, -0.2) is 243 Å². The summed E-state index contributed by atoms with van der Waals surface area (Å²) in [6, 6.07) is 41.6. The van der Waals surface area contributed by atoms with E-state index in [1.165, 1.54) is 138 Å². The Bertz CT molecular complexity index is 6330. The van der Waals surface area contributed by atoms with Crippen LogP contribution in [0.4, 0.5) is 79.3 Å². The molecule has 3 atom stereocenters. The van der Waals surface area contributed by atoms with E-state index < -0.39 is 38.3 Å². The van der Waals surface area contributed by atoms with Crippen molar-refractivity contribution in [2.45, 2.75) is 245 Å². The van der Waals surface area contributed by atoms with E-state index in [0.717, 1.165) is 105 Å². The fourth-order valence-electron chi connectivity index (χ4n) is 16.9.